The normalized spacial score (nSPS) is 44.1. The zero-order valence-corrected chi connectivity index (χ0v) is 10.4. The van der Waals surface area contributed by atoms with Crippen LogP contribution in [-0.2, 0) is 0 Å². The van der Waals surface area contributed by atoms with Crippen molar-refractivity contribution in [1.82, 2.24) is 5.32 Å². The van der Waals surface area contributed by atoms with Crippen molar-refractivity contribution in [2.24, 2.45) is 22.7 Å². The molecular formula is C13H25N. The van der Waals surface area contributed by atoms with Gasteiger partial charge in [-0.1, -0.05) is 34.6 Å². The molecule has 2 aliphatic carbocycles. The van der Waals surface area contributed by atoms with Crippen LogP contribution < -0.4 is 5.32 Å². The average molecular weight is 195 g/mol. The zero-order chi connectivity index (χ0) is 10.6. The van der Waals surface area contributed by atoms with Crippen LogP contribution in [0.2, 0.25) is 0 Å². The maximum Gasteiger partial charge on any atom is 0.00105 e. The van der Waals surface area contributed by atoms with E-state index in [1.54, 1.807) is 0 Å². The summed E-state index contributed by atoms with van der Waals surface area (Å²) in [6.45, 7) is 13.0. The van der Waals surface area contributed by atoms with Gasteiger partial charge in [0.25, 0.3) is 0 Å². The van der Waals surface area contributed by atoms with Gasteiger partial charge in [-0.15, -0.1) is 0 Å². The minimum atomic E-state index is 0.612. The molecule has 0 bridgehead atoms. The Morgan fingerprint density at radius 1 is 1.29 bits per heavy atom. The molecule has 14 heavy (non-hydrogen) atoms. The molecule has 82 valence electrons. The molecule has 0 heterocycles. The van der Waals surface area contributed by atoms with Gasteiger partial charge in [0.2, 0.25) is 0 Å². The van der Waals surface area contributed by atoms with Gasteiger partial charge in [-0.2, -0.15) is 0 Å². The number of nitrogens with one attached hydrogen (secondary N) is 1. The van der Waals surface area contributed by atoms with E-state index in [1.165, 1.54) is 19.4 Å². The van der Waals surface area contributed by atoms with Crippen molar-refractivity contribution in [3.63, 3.8) is 0 Å². The van der Waals surface area contributed by atoms with E-state index < -0.39 is 0 Å². The fourth-order valence-electron chi connectivity index (χ4n) is 3.86. The van der Waals surface area contributed by atoms with Gasteiger partial charge in [0.15, 0.2) is 0 Å². The van der Waals surface area contributed by atoms with Crippen molar-refractivity contribution in [3.8, 4) is 0 Å². The molecule has 1 unspecified atom stereocenters. The maximum absolute atomic E-state index is 3.60. The minimum absolute atomic E-state index is 0.612. The lowest BCUT2D eigenvalue weighted by atomic mass is 9.68. The quantitative estimate of drug-likeness (QED) is 0.730. The fourth-order valence-corrected chi connectivity index (χ4v) is 3.86. The molecule has 1 atom stereocenters. The Hall–Kier alpha value is -0.0400. The van der Waals surface area contributed by atoms with Crippen LogP contribution >= 0.6 is 0 Å². The van der Waals surface area contributed by atoms with Gasteiger partial charge >= 0.3 is 0 Å². The molecule has 2 fully saturated rings. The summed E-state index contributed by atoms with van der Waals surface area (Å²) in [5, 5.41) is 3.60. The monoisotopic (exact) mass is 195 g/mol. The molecule has 2 saturated carbocycles. The summed E-state index contributed by atoms with van der Waals surface area (Å²) in [5.41, 5.74) is 1.34. The van der Waals surface area contributed by atoms with Crippen molar-refractivity contribution in [2.45, 2.75) is 53.5 Å². The molecule has 1 N–H and O–H groups in total. The molecular weight excluding hydrogens is 170 g/mol. The summed E-state index contributed by atoms with van der Waals surface area (Å²) in [4.78, 5) is 0. The van der Waals surface area contributed by atoms with Gasteiger partial charge in [0, 0.05) is 6.04 Å². The lowest BCUT2D eigenvalue weighted by Gasteiger charge is -2.37. The highest BCUT2D eigenvalue weighted by atomic mass is 14.9. The topological polar surface area (TPSA) is 12.0 Å². The van der Waals surface area contributed by atoms with Crippen LogP contribution in [0.1, 0.15) is 47.5 Å². The summed E-state index contributed by atoms with van der Waals surface area (Å²) in [5.74, 6) is 1.92. The van der Waals surface area contributed by atoms with Crippen LogP contribution in [0.4, 0.5) is 0 Å². The van der Waals surface area contributed by atoms with Crippen molar-refractivity contribution in [2.75, 3.05) is 6.54 Å². The van der Waals surface area contributed by atoms with E-state index in [-0.39, 0.29) is 0 Å². The van der Waals surface area contributed by atoms with Crippen molar-refractivity contribution in [1.29, 1.82) is 0 Å². The Morgan fingerprint density at radius 3 is 2.29 bits per heavy atom. The highest BCUT2D eigenvalue weighted by molar-refractivity contribution is 5.22. The fraction of sp³-hybridized carbons (Fsp3) is 1.00. The smallest absolute Gasteiger partial charge is 0.00105 e. The highest BCUT2D eigenvalue weighted by Gasteiger charge is 2.73. The van der Waals surface area contributed by atoms with Crippen LogP contribution in [-0.4, -0.2) is 12.6 Å². The second-order valence-corrected chi connectivity index (χ2v) is 6.51. The van der Waals surface area contributed by atoms with E-state index in [2.05, 4.69) is 39.9 Å². The summed E-state index contributed by atoms with van der Waals surface area (Å²) < 4.78 is 0. The van der Waals surface area contributed by atoms with Crippen LogP contribution in [0.3, 0.4) is 0 Å². The molecule has 0 aromatic rings. The SMILES string of the molecule is CC1CC2(C1)C(CNC(C)C)C2(C)C. The van der Waals surface area contributed by atoms with E-state index in [9.17, 15) is 0 Å². The van der Waals surface area contributed by atoms with Crippen LogP contribution in [0.15, 0.2) is 0 Å². The van der Waals surface area contributed by atoms with Crippen molar-refractivity contribution < 1.29 is 0 Å². The molecule has 2 aliphatic rings. The third kappa shape index (κ3) is 1.25. The summed E-state index contributed by atoms with van der Waals surface area (Å²) in [6.07, 6.45) is 2.95. The first-order chi connectivity index (χ1) is 6.40. The first-order valence-electron chi connectivity index (χ1n) is 6.13. The molecule has 0 aliphatic heterocycles. The van der Waals surface area contributed by atoms with Crippen molar-refractivity contribution in [3.05, 3.63) is 0 Å². The molecule has 1 spiro atoms. The van der Waals surface area contributed by atoms with Gasteiger partial charge < -0.3 is 5.32 Å². The van der Waals surface area contributed by atoms with Crippen LogP contribution in [0, 0.1) is 22.7 Å². The van der Waals surface area contributed by atoms with Gasteiger partial charge in [0.05, 0.1) is 0 Å². The molecule has 0 saturated heterocycles. The van der Waals surface area contributed by atoms with E-state index in [0.29, 0.717) is 11.5 Å². The second-order valence-electron chi connectivity index (χ2n) is 6.51. The number of hydrogen-bond acceptors (Lipinski definition) is 1. The number of hydrogen-bond donors (Lipinski definition) is 1. The van der Waals surface area contributed by atoms with Gasteiger partial charge in [-0.3, -0.25) is 0 Å². The molecule has 1 heteroatoms. The van der Waals surface area contributed by atoms with E-state index in [1.807, 2.05) is 0 Å². The van der Waals surface area contributed by atoms with E-state index >= 15 is 0 Å². The molecule has 1 nitrogen and oxygen atoms in total. The van der Waals surface area contributed by atoms with Crippen molar-refractivity contribution >= 4 is 0 Å². The Bertz CT molecular complexity index is 223. The standard InChI is InChI=1S/C13H25N/c1-9(2)14-8-11-12(4,5)13(11)6-10(3)7-13/h9-11,14H,6-8H2,1-5H3. The molecule has 0 radical (unpaired) electrons. The average Bonchev–Trinajstić information content (AvgIpc) is 2.44. The van der Waals surface area contributed by atoms with Gasteiger partial charge in [-0.25, -0.2) is 0 Å². The minimum Gasteiger partial charge on any atom is -0.314 e. The predicted molar refractivity (Wildman–Crippen MR) is 61.2 cm³/mol. The lowest BCUT2D eigenvalue weighted by Crippen LogP contribution is -2.31. The van der Waals surface area contributed by atoms with Gasteiger partial charge in [0.1, 0.15) is 0 Å². The Kier molecular flexibility index (Phi) is 2.23. The summed E-state index contributed by atoms with van der Waals surface area (Å²) >= 11 is 0. The van der Waals surface area contributed by atoms with Gasteiger partial charge in [-0.05, 0) is 42.1 Å². The predicted octanol–water partition coefficient (Wildman–Crippen LogP) is 3.06. The number of rotatable bonds is 3. The van der Waals surface area contributed by atoms with E-state index in [0.717, 1.165) is 17.3 Å². The summed E-state index contributed by atoms with van der Waals surface area (Å²) in [6, 6.07) is 0.640. The Labute approximate surface area is 88.7 Å². The third-order valence-electron chi connectivity index (χ3n) is 4.89. The third-order valence-corrected chi connectivity index (χ3v) is 4.89. The first-order valence-corrected chi connectivity index (χ1v) is 6.13. The van der Waals surface area contributed by atoms with E-state index in [4.69, 9.17) is 0 Å². The highest BCUT2D eigenvalue weighted by Crippen LogP contribution is 2.78. The largest absolute Gasteiger partial charge is 0.314 e. The van der Waals surface area contributed by atoms with Crippen LogP contribution in [0.25, 0.3) is 0 Å². The first kappa shape index (κ1) is 10.5. The molecule has 0 aromatic heterocycles. The molecule has 2 rings (SSSR count). The Morgan fingerprint density at radius 2 is 1.86 bits per heavy atom. The second kappa shape index (κ2) is 2.98. The zero-order valence-electron chi connectivity index (χ0n) is 10.4. The molecule has 0 amide bonds. The van der Waals surface area contributed by atoms with Crippen LogP contribution in [0.5, 0.6) is 0 Å². The maximum atomic E-state index is 3.60. The summed E-state index contributed by atoms with van der Waals surface area (Å²) in [7, 11) is 0. The lowest BCUT2D eigenvalue weighted by molar-refractivity contribution is 0.132. The Balaban J connectivity index is 1.90. The molecule has 0 aromatic carbocycles.